The van der Waals surface area contributed by atoms with Crippen LogP contribution in [-0.2, 0) is 14.3 Å². The lowest BCUT2D eigenvalue weighted by Gasteiger charge is -2.08. The number of anilines is 1. The molecule has 0 atom stereocenters. The van der Waals surface area contributed by atoms with Gasteiger partial charge < -0.3 is 15.4 Å². The lowest BCUT2D eigenvalue weighted by Crippen LogP contribution is -2.29. The fourth-order valence-corrected chi connectivity index (χ4v) is 3.07. The van der Waals surface area contributed by atoms with Crippen molar-refractivity contribution in [1.82, 2.24) is 5.32 Å². The minimum atomic E-state index is -0.614. The van der Waals surface area contributed by atoms with Crippen LogP contribution in [0.4, 0.5) is 5.69 Å². The molecule has 0 aliphatic heterocycles. The Bertz CT molecular complexity index is 781. The summed E-state index contributed by atoms with van der Waals surface area (Å²) < 4.78 is 5.01. The van der Waals surface area contributed by atoms with Crippen molar-refractivity contribution in [2.75, 3.05) is 24.2 Å². The van der Waals surface area contributed by atoms with E-state index >= 15 is 0 Å². The summed E-state index contributed by atoms with van der Waals surface area (Å²) in [5.41, 5.74) is 0.769. The molecule has 0 bridgehead atoms. The number of carbonyl (C=O) groups excluding carboxylic acids is 3. The molecule has 142 valence electrons. The molecule has 0 unspecified atom stereocenters. The van der Waals surface area contributed by atoms with Crippen LogP contribution in [0.1, 0.15) is 23.7 Å². The van der Waals surface area contributed by atoms with Crippen molar-refractivity contribution in [2.45, 2.75) is 18.2 Å². The second-order valence-electron chi connectivity index (χ2n) is 5.70. The molecule has 6 nitrogen and oxygen atoms in total. The van der Waals surface area contributed by atoms with E-state index in [0.717, 1.165) is 12.2 Å². The number of hydrogen-bond acceptors (Lipinski definition) is 5. The van der Waals surface area contributed by atoms with Crippen LogP contribution in [0.5, 0.6) is 0 Å². The van der Waals surface area contributed by atoms with Crippen LogP contribution in [0.15, 0.2) is 59.5 Å². The molecule has 0 aliphatic rings. The number of amides is 2. The van der Waals surface area contributed by atoms with E-state index in [0.29, 0.717) is 12.2 Å². The number of nitrogens with one attached hydrogen (secondary N) is 2. The molecule has 2 rings (SSSR count). The molecule has 0 saturated heterocycles. The van der Waals surface area contributed by atoms with Crippen molar-refractivity contribution in [3.63, 3.8) is 0 Å². The van der Waals surface area contributed by atoms with E-state index in [9.17, 15) is 14.4 Å². The van der Waals surface area contributed by atoms with Crippen molar-refractivity contribution in [3.8, 4) is 0 Å². The highest BCUT2D eigenvalue weighted by Gasteiger charge is 2.11. The van der Waals surface area contributed by atoms with E-state index in [2.05, 4.69) is 10.6 Å². The van der Waals surface area contributed by atoms with E-state index in [1.54, 1.807) is 30.0 Å². The van der Waals surface area contributed by atoms with Crippen molar-refractivity contribution in [3.05, 3.63) is 60.2 Å². The average molecular weight is 386 g/mol. The van der Waals surface area contributed by atoms with E-state index in [1.165, 1.54) is 17.9 Å². The fourth-order valence-electron chi connectivity index (χ4n) is 2.20. The van der Waals surface area contributed by atoms with E-state index < -0.39 is 5.97 Å². The maximum Gasteiger partial charge on any atom is 0.338 e. The largest absolute Gasteiger partial charge is 0.452 e. The summed E-state index contributed by atoms with van der Waals surface area (Å²) in [6.45, 7) is 1.57. The Balaban J connectivity index is 1.64. The average Bonchev–Trinajstić information content (AvgIpc) is 2.66. The Hall–Kier alpha value is -2.80. The summed E-state index contributed by atoms with van der Waals surface area (Å²) in [5, 5.41) is 5.32. The van der Waals surface area contributed by atoms with Gasteiger partial charge in [0.1, 0.15) is 0 Å². The van der Waals surface area contributed by atoms with E-state index in [-0.39, 0.29) is 24.0 Å². The minimum absolute atomic E-state index is 0.231. The lowest BCUT2D eigenvalue weighted by atomic mass is 10.2. The fraction of sp³-hybridized carbons (Fsp3) is 0.250. The molecule has 2 N–H and O–H groups in total. The maximum atomic E-state index is 12.0. The van der Waals surface area contributed by atoms with Gasteiger partial charge in [-0.2, -0.15) is 0 Å². The van der Waals surface area contributed by atoms with Gasteiger partial charge in [-0.15, -0.1) is 11.8 Å². The molecule has 0 saturated carbocycles. The van der Waals surface area contributed by atoms with Gasteiger partial charge in [-0.1, -0.05) is 24.3 Å². The first-order chi connectivity index (χ1) is 13.0. The zero-order valence-electron chi connectivity index (χ0n) is 15.1. The third-order valence-electron chi connectivity index (χ3n) is 3.41. The first kappa shape index (κ1) is 20.5. The molecule has 27 heavy (non-hydrogen) atoms. The smallest absolute Gasteiger partial charge is 0.338 e. The number of rotatable bonds is 9. The van der Waals surface area contributed by atoms with Gasteiger partial charge in [0.15, 0.2) is 6.61 Å². The predicted octanol–water partition coefficient (Wildman–Crippen LogP) is 3.10. The van der Waals surface area contributed by atoms with Crippen molar-refractivity contribution in [1.29, 1.82) is 0 Å². The van der Waals surface area contributed by atoms with Gasteiger partial charge in [-0.3, -0.25) is 9.59 Å². The summed E-state index contributed by atoms with van der Waals surface area (Å²) in [6, 6.07) is 16.4. The molecular formula is C20H22N2O4S. The molecule has 2 aromatic carbocycles. The van der Waals surface area contributed by atoms with Gasteiger partial charge in [0.25, 0.3) is 5.91 Å². The van der Waals surface area contributed by atoms with Gasteiger partial charge in [0.05, 0.1) is 5.56 Å². The SMILES string of the molecule is CC(=O)Nc1cccc(C(=O)OCC(=O)NCCCSc2ccccc2)c1. The molecule has 7 heteroatoms. The summed E-state index contributed by atoms with van der Waals surface area (Å²) in [7, 11) is 0. The molecule has 0 fully saturated rings. The van der Waals surface area contributed by atoms with Crippen molar-refractivity contribution >= 4 is 35.2 Å². The summed E-state index contributed by atoms with van der Waals surface area (Å²) >= 11 is 1.73. The van der Waals surface area contributed by atoms with Crippen molar-refractivity contribution in [2.24, 2.45) is 0 Å². The number of benzene rings is 2. The van der Waals surface area contributed by atoms with Crippen LogP contribution < -0.4 is 10.6 Å². The number of ether oxygens (including phenoxy) is 1. The number of esters is 1. The summed E-state index contributed by atoms with van der Waals surface area (Å²) in [6.07, 6.45) is 0.817. The highest BCUT2D eigenvalue weighted by atomic mass is 32.2. The van der Waals surface area contributed by atoms with Gasteiger partial charge in [0, 0.05) is 24.1 Å². The lowest BCUT2D eigenvalue weighted by molar-refractivity contribution is -0.124. The van der Waals surface area contributed by atoms with Crippen LogP contribution >= 0.6 is 11.8 Å². The summed E-state index contributed by atoms with van der Waals surface area (Å²) in [4.78, 5) is 36.0. The topological polar surface area (TPSA) is 84.5 Å². The Morgan fingerprint density at radius 2 is 1.81 bits per heavy atom. The Morgan fingerprint density at radius 3 is 2.56 bits per heavy atom. The highest BCUT2D eigenvalue weighted by molar-refractivity contribution is 7.99. The number of carbonyl (C=O) groups is 3. The molecule has 0 aliphatic carbocycles. The first-order valence-electron chi connectivity index (χ1n) is 8.54. The molecule has 0 heterocycles. The third-order valence-corrected chi connectivity index (χ3v) is 4.51. The minimum Gasteiger partial charge on any atom is -0.452 e. The zero-order valence-corrected chi connectivity index (χ0v) is 15.9. The number of thioether (sulfide) groups is 1. The monoisotopic (exact) mass is 386 g/mol. The van der Waals surface area contributed by atoms with Crippen LogP contribution in [0, 0.1) is 0 Å². The standard InChI is InChI=1S/C20H22N2O4S/c1-15(23)22-17-8-5-7-16(13-17)20(25)26-14-19(24)21-11-6-12-27-18-9-3-2-4-10-18/h2-5,7-10,13H,6,11-12,14H2,1H3,(H,21,24)(H,22,23). The molecule has 0 aromatic heterocycles. The van der Waals surface area contributed by atoms with Crippen molar-refractivity contribution < 1.29 is 19.1 Å². The van der Waals surface area contributed by atoms with Crippen LogP contribution in [0.2, 0.25) is 0 Å². The Labute approximate surface area is 162 Å². The number of hydrogen-bond donors (Lipinski definition) is 2. The summed E-state index contributed by atoms with van der Waals surface area (Å²) in [5.74, 6) is -0.298. The van der Waals surface area contributed by atoms with Gasteiger partial charge in [-0.25, -0.2) is 4.79 Å². The molecular weight excluding hydrogens is 364 g/mol. The second kappa shape index (κ2) is 11.0. The Morgan fingerprint density at radius 1 is 1.04 bits per heavy atom. The maximum absolute atomic E-state index is 12.0. The Kier molecular flexibility index (Phi) is 8.38. The van der Waals surface area contributed by atoms with Crippen LogP contribution in [0.25, 0.3) is 0 Å². The third kappa shape index (κ3) is 7.96. The molecule has 2 amide bonds. The van der Waals surface area contributed by atoms with Gasteiger partial charge in [-0.05, 0) is 42.5 Å². The van der Waals surface area contributed by atoms with Crippen LogP contribution in [0.3, 0.4) is 0 Å². The van der Waals surface area contributed by atoms with Gasteiger partial charge >= 0.3 is 5.97 Å². The second-order valence-corrected chi connectivity index (χ2v) is 6.87. The van der Waals surface area contributed by atoms with E-state index in [4.69, 9.17) is 4.74 Å². The molecule has 0 spiro atoms. The first-order valence-corrected chi connectivity index (χ1v) is 9.52. The quantitative estimate of drug-likeness (QED) is 0.393. The highest BCUT2D eigenvalue weighted by Crippen LogP contribution is 2.17. The zero-order chi connectivity index (χ0) is 19.5. The van der Waals surface area contributed by atoms with E-state index in [1.807, 2.05) is 30.3 Å². The predicted molar refractivity (Wildman–Crippen MR) is 106 cm³/mol. The molecule has 2 aromatic rings. The molecule has 0 radical (unpaired) electrons. The van der Waals surface area contributed by atoms with Crippen LogP contribution in [-0.4, -0.2) is 36.7 Å². The van der Waals surface area contributed by atoms with Gasteiger partial charge in [0.2, 0.25) is 5.91 Å². The normalized spacial score (nSPS) is 10.1.